The van der Waals surface area contributed by atoms with Gasteiger partial charge in [0.1, 0.15) is 9.09 Å². The highest BCUT2D eigenvalue weighted by Gasteiger charge is 2.21. The van der Waals surface area contributed by atoms with Gasteiger partial charge in [-0.25, -0.2) is 13.2 Å². The second-order valence-electron chi connectivity index (χ2n) is 4.05. The molecule has 0 aliphatic heterocycles. The average Bonchev–Trinajstić information content (AvgIpc) is 2.95. The van der Waals surface area contributed by atoms with E-state index >= 15 is 0 Å². The molecule has 0 aromatic carbocycles. The zero-order chi connectivity index (χ0) is 14.9. The van der Waals surface area contributed by atoms with Gasteiger partial charge < -0.3 is 5.11 Å². The van der Waals surface area contributed by atoms with Crippen LogP contribution in [0.1, 0.15) is 22.3 Å². The molecule has 0 saturated heterocycles. The first-order chi connectivity index (χ1) is 9.33. The molecule has 2 rings (SSSR count). The number of rotatable bonds is 5. The fraction of sp³-hybridized carbons (Fsp3) is 0.273. The van der Waals surface area contributed by atoms with E-state index in [-0.39, 0.29) is 9.09 Å². The Hall–Kier alpha value is -1.87. The summed E-state index contributed by atoms with van der Waals surface area (Å²) in [6, 6.07) is 2.55. The second-order valence-corrected chi connectivity index (χ2v) is 7.04. The summed E-state index contributed by atoms with van der Waals surface area (Å²) >= 11 is 0.710. The van der Waals surface area contributed by atoms with Gasteiger partial charge in [0.05, 0.1) is 11.4 Å². The quantitative estimate of drug-likeness (QED) is 0.871. The summed E-state index contributed by atoms with van der Waals surface area (Å²) in [5, 5.41) is 13.0. The first-order valence-electron chi connectivity index (χ1n) is 5.72. The molecule has 108 valence electrons. The van der Waals surface area contributed by atoms with Gasteiger partial charge in [0, 0.05) is 13.2 Å². The van der Waals surface area contributed by atoms with Crippen LogP contribution in [0.15, 0.2) is 22.5 Å². The Morgan fingerprint density at radius 3 is 2.75 bits per heavy atom. The van der Waals surface area contributed by atoms with E-state index in [0.717, 1.165) is 0 Å². The minimum Gasteiger partial charge on any atom is -0.477 e. The number of nitrogens with one attached hydrogen (secondary N) is 1. The summed E-state index contributed by atoms with van der Waals surface area (Å²) in [5.74, 6) is -1.15. The van der Waals surface area contributed by atoms with Crippen molar-refractivity contribution < 1.29 is 18.3 Å². The van der Waals surface area contributed by atoms with Crippen molar-refractivity contribution in [2.24, 2.45) is 7.05 Å². The van der Waals surface area contributed by atoms with E-state index in [1.807, 2.05) is 6.92 Å². The van der Waals surface area contributed by atoms with Gasteiger partial charge in [-0.2, -0.15) is 5.10 Å². The molecule has 0 fully saturated rings. The van der Waals surface area contributed by atoms with E-state index in [4.69, 9.17) is 5.11 Å². The topological polar surface area (TPSA) is 101 Å². The van der Waals surface area contributed by atoms with E-state index < -0.39 is 16.0 Å². The minimum absolute atomic E-state index is 0.0210. The van der Waals surface area contributed by atoms with E-state index in [2.05, 4.69) is 9.82 Å². The molecule has 0 aliphatic rings. The lowest BCUT2D eigenvalue weighted by Crippen LogP contribution is -2.12. The molecule has 0 saturated carbocycles. The summed E-state index contributed by atoms with van der Waals surface area (Å²) < 4.78 is 28.3. The van der Waals surface area contributed by atoms with Crippen molar-refractivity contribution in [2.45, 2.75) is 17.6 Å². The predicted molar refractivity (Wildman–Crippen MR) is 74.7 cm³/mol. The predicted octanol–water partition coefficient (Wildman–Crippen LogP) is 1.54. The number of aromatic nitrogens is 2. The minimum atomic E-state index is -3.79. The largest absolute Gasteiger partial charge is 0.477 e. The van der Waals surface area contributed by atoms with Crippen LogP contribution in [-0.4, -0.2) is 29.3 Å². The average molecular weight is 315 g/mol. The number of nitrogens with zero attached hydrogens (tertiary/aromatic N) is 2. The first kappa shape index (κ1) is 14.5. The molecule has 0 aliphatic carbocycles. The molecule has 9 heteroatoms. The Balaban J connectivity index is 2.32. The number of hydrogen-bond acceptors (Lipinski definition) is 5. The van der Waals surface area contributed by atoms with Crippen molar-refractivity contribution >= 4 is 33.0 Å². The van der Waals surface area contributed by atoms with Gasteiger partial charge in [0.15, 0.2) is 0 Å². The number of thiophene rings is 1. The van der Waals surface area contributed by atoms with Crippen molar-refractivity contribution in [2.75, 3.05) is 4.72 Å². The van der Waals surface area contributed by atoms with Crippen LogP contribution in [0, 0.1) is 0 Å². The van der Waals surface area contributed by atoms with Gasteiger partial charge in [-0.1, -0.05) is 6.92 Å². The Labute approximate surface area is 119 Å². The van der Waals surface area contributed by atoms with Gasteiger partial charge in [-0.15, -0.1) is 11.3 Å². The van der Waals surface area contributed by atoms with Crippen molar-refractivity contribution in [3.05, 3.63) is 28.9 Å². The van der Waals surface area contributed by atoms with Crippen molar-refractivity contribution in [3.63, 3.8) is 0 Å². The van der Waals surface area contributed by atoms with Crippen LogP contribution in [0.4, 0.5) is 5.69 Å². The van der Waals surface area contributed by atoms with Gasteiger partial charge in [-0.3, -0.25) is 9.40 Å². The highest BCUT2D eigenvalue weighted by molar-refractivity contribution is 7.94. The zero-order valence-corrected chi connectivity index (χ0v) is 12.5. The molecule has 0 spiro atoms. The SMILES string of the molecule is CCc1nn(C)cc1NS(=O)(=O)c1ccc(C(=O)O)s1. The number of sulfonamides is 1. The third kappa shape index (κ3) is 2.83. The maximum Gasteiger partial charge on any atom is 0.345 e. The normalized spacial score (nSPS) is 11.5. The summed E-state index contributed by atoms with van der Waals surface area (Å²) in [6.07, 6.45) is 2.16. The zero-order valence-electron chi connectivity index (χ0n) is 10.8. The summed E-state index contributed by atoms with van der Waals surface area (Å²) in [4.78, 5) is 10.8. The molecule has 0 unspecified atom stereocenters. The molecule has 7 nitrogen and oxygen atoms in total. The Bertz CT molecular complexity index is 746. The number of aryl methyl sites for hydroxylation is 2. The summed E-state index contributed by atoms with van der Waals surface area (Å²) in [7, 11) is -2.09. The lowest BCUT2D eigenvalue weighted by molar-refractivity contribution is 0.0702. The van der Waals surface area contributed by atoms with Gasteiger partial charge in [0.2, 0.25) is 0 Å². The van der Waals surface area contributed by atoms with Gasteiger partial charge >= 0.3 is 5.97 Å². The number of anilines is 1. The summed E-state index contributed by atoms with van der Waals surface area (Å²) in [5.41, 5.74) is 1.03. The molecule has 0 amide bonds. The Morgan fingerprint density at radius 2 is 2.20 bits per heavy atom. The molecule has 0 bridgehead atoms. The standard InChI is InChI=1S/C11H13N3O4S2/c1-3-7-8(6-14(2)12-7)13-20(17,18)10-5-4-9(19-10)11(15)16/h4-6,13H,3H2,1-2H3,(H,15,16). The second kappa shape index (κ2) is 5.25. The Kier molecular flexibility index (Phi) is 3.82. The number of hydrogen-bond donors (Lipinski definition) is 2. The maximum atomic E-state index is 12.2. The molecule has 2 aromatic heterocycles. The van der Waals surface area contributed by atoms with Gasteiger partial charge in [-0.05, 0) is 18.6 Å². The molecule has 20 heavy (non-hydrogen) atoms. The van der Waals surface area contributed by atoms with Crippen molar-refractivity contribution in [1.82, 2.24) is 9.78 Å². The molecule has 0 atom stereocenters. The van der Waals surface area contributed by atoms with Crippen molar-refractivity contribution in [3.8, 4) is 0 Å². The highest BCUT2D eigenvalue weighted by Crippen LogP contribution is 2.25. The van der Waals surface area contributed by atoms with E-state index in [1.54, 1.807) is 13.2 Å². The van der Waals surface area contributed by atoms with Crippen LogP contribution in [0.3, 0.4) is 0 Å². The molecule has 0 radical (unpaired) electrons. The van der Waals surface area contributed by atoms with Crippen LogP contribution in [0.2, 0.25) is 0 Å². The number of carboxylic acids is 1. The van der Waals surface area contributed by atoms with Crippen LogP contribution in [0.5, 0.6) is 0 Å². The third-order valence-corrected chi connectivity index (χ3v) is 5.47. The summed E-state index contributed by atoms with van der Waals surface area (Å²) in [6.45, 7) is 1.87. The fourth-order valence-corrected chi connectivity index (χ4v) is 3.87. The molecule has 2 aromatic rings. The van der Waals surface area contributed by atoms with Crippen molar-refractivity contribution in [1.29, 1.82) is 0 Å². The smallest absolute Gasteiger partial charge is 0.345 e. The third-order valence-electron chi connectivity index (χ3n) is 2.54. The molecular formula is C11H13N3O4S2. The van der Waals surface area contributed by atoms with Gasteiger partial charge in [0.25, 0.3) is 10.0 Å². The molecular weight excluding hydrogens is 302 g/mol. The first-order valence-corrected chi connectivity index (χ1v) is 8.02. The van der Waals surface area contributed by atoms with E-state index in [0.29, 0.717) is 29.1 Å². The van der Waals surface area contributed by atoms with E-state index in [9.17, 15) is 13.2 Å². The highest BCUT2D eigenvalue weighted by atomic mass is 32.2. The number of aromatic carboxylic acids is 1. The van der Waals surface area contributed by atoms with Crippen LogP contribution in [0.25, 0.3) is 0 Å². The lowest BCUT2D eigenvalue weighted by atomic mass is 10.3. The number of carbonyl (C=O) groups is 1. The van der Waals surface area contributed by atoms with E-state index in [1.165, 1.54) is 16.8 Å². The fourth-order valence-electron chi connectivity index (χ4n) is 1.66. The van der Waals surface area contributed by atoms with Crippen LogP contribution in [-0.2, 0) is 23.5 Å². The molecule has 2 N–H and O–H groups in total. The molecule has 2 heterocycles. The van der Waals surface area contributed by atoms with Crippen LogP contribution < -0.4 is 4.72 Å². The number of carboxylic acid groups (broad SMARTS) is 1. The lowest BCUT2D eigenvalue weighted by Gasteiger charge is -2.04. The van der Waals surface area contributed by atoms with Crippen LogP contribution >= 0.6 is 11.3 Å². The maximum absolute atomic E-state index is 12.2. The monoisotopic (exact) mass is 315 g/mol. The Morgan fingerprint density at radius 1 is 1.50 bits per heavy atom.